The molecule has 4 fully saturated rings. The van der Waals surface area contributed by atoms with Crippen molar-refractivity contribution in [1.29, 1.82) is 0 Å². The van der Waals surface area contributed by atoms with Gasteiger partial charge in [0.15, 0.2) is 91.8 Å². The summed E-state index contributed by atoms with van der Waals surface area (Å²) < 4.78 is 69.3. The summed E-state index contributed by atoms with van der Waals surface area (Å²) in [6.07, 6.45) is 7.78. The fourth-order valence-corrected chi connectivity index (χ4v) is 19.0. The zero-order valence-corrected chi connectivity index (χ0v) is 71.9. The molecule has 672 valence electrons. The lowest BCUT2D eigenvalue weighted by Gasteiger charge is -2.37. The maximum atomic E-state index is 13.6. The Morgan fingerprint density at radius 3 is 0.697 bits per heavy atom. The van der Waals surface area contributed by atoms with Crippen LogP contribution in [0.25, 0.3) is 22.3 Å². The van der Waals surface area contributed by atoms with E-state index in [1.807, 2.05) is 146 Å². The Morgan fingerprint density at radius 2 is 0.485 bits per heavy atom. The molecule has 0 saturated carbocycles. The molecule has 8 aromatic rings. The average Bonchev–Trinajstić information content (AvgIpc) is 1.60. The minimum atomic E-state index is -0.804. The fourth-order valence-electron chi connectivity index (χ4n) is 19.0. The van der Waals surface area contributed by atoms with Crippen LogP contribution in [0.15, 0.2) is 240 Å². The number of fused-ring (bicyclic) bond motifs is 12. The Balaban J connectivity index is 0.000000106. The van der Waals surface area contributed by atoms with Gasteiger partial charge in [-0.1, -0.05) is 121 Å². The molecule has 0 spiro atoms. The Hall–Kier alpha value is -15.1. The van der Waals surface area contributed by atoms with Crippen molar-refractivity contribution >= 4 is 69.5 Å². The Morgan fingerprint density at radius 1 is 0.280 bits per heavy atom. The standard InChI is InChI=1S/4C25H22N2O6/c4*1-14(12-28)26-11-21(29)27-22(24(26)30)23(18-8-6-15-4-2-3-5-17(15)18)33-25(27)16-7-9-19-20(10-16)32-13-31-19/h4*2-5,7-10,14,25,28H,6,11-13H2,1H3/t2*14-,25+;2*14-,25-/m1010/s1. The predicted molar refractivity (Wildman–Crippen MR) is 467 cm³/mol. The topological polar surface area (TPSA) is 354 Å². The van der Waals surface area contributed by atoms with E-state index in [1.54, 1.807) is 76.2 Å². The number of piperazine rings is 4. The van der Waals surface area contributed by atoms with Crippen LogP contribution in [-0.2, 0) is 83.0 Å². The number of aliphatic hydroxyl groups is 4. The zero-order valence-electron chi connectivity index (χ0n) is 71.9. The molecule has 0 aromatic heterocycles. The van der Waals surface area contributed by atoms with Gasteiger partial charge in [0, 0.05) is 44.5 Å². The summed E-state index contributed by atoms with van der Waals surface area (Å²) in [6, 6.07) is 51.3. The SMILES string of the molecule is C[C@@H](CO)N1CC(=O)N2C(=C(C3=CCc4ccccc43)O[C@@H]2c2ccc3c(c2)OCO3)C1=O.C[C@@H](CO)N1CC(=O)N2C(=C(C3=CCc4ccccc43)O[C@H]2c2ccc3c(c2)OCO3)C1=O.C[C@H](CO)N1CC(=O)N2C(=C(C3=CCc4ccccc43)O[C@@H]2c2ccc3c(c2)OCO3)C1=O.C[C@H](CO)N1CC(=O)N2C(=C(C3=CCc4ccccc43)O[C@H]2c2ccc3c(c2)OCO3)C1=O. The second kappa shape index (κ2) is 33.7. The molecular weight excluding hydrogens is 1700 g/mol. The third-order valence-corrected chi connectivity index (χ3v) is 26.1. The van der Waals surface area contributed by atoms with E-state index < -0.39 is 49.1 Å². The normalized spacial score (nSPS) is 21.8. The first-order chi connectivity index (χ1) is 64.3. The minimum Gasteiger partial charge on any atom is -0.463 e. The Bertz CT molecular complexity index is 5770. The molecule has 16 aliphatic rings. The number of hydrogen-bond acceptors (Lipinski definition) is 24. The number of rotatable bonds is 16. The van der Waals surface area contributed by atoms with E-state index in [9.17, 15) is 58.8 Å². The van der Waals surface area contributed by atoms with E-state index >= 15 is 0 Å². The highest BCUT2D eigenvalue weighted by Crippen LogP contribution is 2.55. The lowest BCUT2D eigenvalue weighted by molar-refractivity contribution is -0.152. The van der Waals surface area contributed by atoms with Crippen molar-refractivity contribution in [1.82, 2.24) is 39.2 Å². The van der Waals surface area contributed by atoms with Gasteiger partial charge in [-0.3, -0.25) is 58.0 Å². The lowest BCUT2D eigenvalue weighted by Crippen LogP contribution is -2.55. The number of hydrogen-bond donors (Lipinski definition) is 4. The summed E-state index contributed by atoms with van der Waals surface area (Å²) in [5, 5.41) is 38.6. The molecule has 0 radical (unpaired) electrons. The van der Waals surface area contributed by atoms with Gasteiger partial charge in [0.25, 0.3) is 23.6 Å². The van der Waals surface area contributed by atoms with Gasteiger partial charge >= 0.3 is 0 Å². The summed E-state index contributed by atoms with van der Waals surface area (Å²) in [7, 11) is 0. The van der Waals surface area contributed by atoms with Crippen LogP contribution in [0.4, 0.5) is 0 Å². The van der Waals surface area contributed by atoms with Crippen molar-refractivity contribution in [3.8, 4) is 46.0 Å². The van der Waals surface area contributed by atoms with Crippen LogP contribution in [0.3, 0.4) is 0 Å². The van der Waals surface area contributed by atoms with Gasteiger partial charge in [0.05, 0.1) is 50.6 Å². The van der Waals surface area contributed by atoms with Crippen molar-refractivity contribution in [3.63, 3.8) is 0 Å². The van der Waals surface area contributed by atoms with E-state index in [4.69, 9.17) is 56.8 Å². The van der Waals surface area contributed by atoms with Crippen LogP contribution < -0.4 is 37.9 Å². The molecule has 32 heteroatoms. The fraction of sp³-hybridized carbons (Fsp3) is 0.280. The highest BCUT2D eigenvalue weighted by Gasteiger charge is 2.56. The van der Waals surface area contributed by atoms with E-state index in [0.717, 1.165) is 92.5 Å². The van der Waals surface area contributed by atoms with Crippen molar-refractivity contribution in [2.75, 3.05) is 79.8 Å². The third-order valence-electron chi connectivity index (χ3n) is 26.1. The molecule has 4 aliphatic carbocycles. The van der Waals surface area contributed by atoms with Gasteiger partial charge in [-0.15, -0.1) is 0 Å². The summed E-state index contributed by atoms with van der Waals surface area (Å²) in [5.74, 6) is 3.92. The van der Waals surface area contributed by atoms with Crippen molar-refractivity contribution in [3.05, 3.63) is 307 Å². The van der Waals surface area contributed by atoms with Gasteiger partial charge in [-0.25, -0.2) is 0 Å². The molecule has 12 heterocycles. The van der Waals surface area contributed by atoms with Crippen molar-refractivity contribution in [2.24, 2.45) is 0 Å². The van der Waals surface area contributed by atoms with E-state index in [0.29, 0.717) is 91.3 Å². The number of aliphatic hydroxyl groups excluding tert-OH is 4. The number of carbonyl (C=O) groups is 8. The minimum absolute atomic E-state index is 0.128. The molecular formula is C100H88N8O24. The first kappa shape index (κ1) is 83.8. The van der Waals surface area contributed by atoms with Crippen LogP contribution in [0, 0.1) is 0 Å². The van der Waals surface area contributed by atoms with Gasteiger partial charge in [0.1, 0.15) is 26.2 Å². The largest absolute Gasteiger partial charge is 0.463 e. The molecule has 24 rings (SSSR count). The second-order valence-corrected chi connectivity index (χ2v) is 33.9. The molecule has 32 nitrogen and oxygen atoms in total. The lowest BCUT2D eigenvalue weighted by atomic mass is 10.0. The van der Waals surface area contributed by atoms with E-state index in [1.165, 1.54) is 39.2 Å². The zero-order chi connectivity index (χ0) is 90.8. The number of nitrogens with zero attached hydrogens (tertiary/aromatic N) is 8. The molecule has 4 N–H and O–H groups in total. The van der Waals surface area contributed by atoms with E-state index in [-0.39, 0.29) is 150 Å². The first-order valence-corrected chi connectivity index (χ1v) is 43.6. The summed E-state index contributed by atoms with van der Waals surface area (Å²) in [5.41, 5.74) is 15.2. The highest BCUT2D eigenvalue weighted by molar-refractivity contribution is 6.11. The molecule has 4 saturated heterocycles. The van der Waals surface area contributed by atoms with Crippen LogP contribution in [0.1, 0.15) is 119 Å². The van der Waals surface area contributed by atoms with Crippen LogP contribution in [0.5, 0.6) is 46.0 Å². The maximum Gasteiger partial charge on any atom is 0.275 e. The molecule has 0 bridgehead atoms. The van der Waals surface area contributed by atoms with Crippen molar-refractivity contribution < 1.29 is 116 Å². The van der Waals surface area contributed by atoms with Gasteiger partial charge in [0.2, 0.25) is 75.7 Å². The molecule has 132 heavy (non-hydrogen) atoms. The van der Waals surface area contributed by atoms with Crippen molar-refractivity contribution in [2.45, 2.75) is 102 Å². The summed E-state index contributed by atoms with van der Waals surface area (Å²) in [4.78, 5) is 119. The summed E-state index contributed by atoms with van der Waals surface area (Å²) >= 11 is 0. The quantitative estimate of drug-likeness (QED) is 0.0699. The average molecular weight is 1790 g/mol. The summed E-state index contributed by atoms with van der Waals surface area (Å²) in [6.45, 7) is 5.97. The number of benzene rings is 8. The smallest absolute Gasteiger partial charge is 0.275 e. The third kappa shape index (κ3) is 14.1. The van der Waals surface area contributed by atoms with Crippen LogP contribution >= 0.6 is 0 Å². The molecule has 0 unspecified atom stereocenters. The molecule has 8 aromatic carbocycles. The van der Waals surface area contributed by atoms with Gasteiger partial charge in [-0.2, -0.15) is 0 Å². The first-order valence-electron chi connectivity index (χ1n) is 43.6. The second-order valence-electron chi connectivity index (χ2n) is 33.9. The number of amides is 8. The van der Waals surface area contributed by atoms with Crippen LogP contribution in [0.2, 0.25) is 0 Å². The molecule has 8 atom stereocenters. The van der Waals surface area contributed by atoms with Crippen LogP contribution in [-0.4, -0.2) is 211 Å². The molecule has 12 aliphatic heterocycles. The number of ether oxygens (including phenoxy) is 12. The number of allylic oxidation sites excluding steroid dienone is 8. The maximum absolute atomic E-state index is 13.6. The monoisotopic (exact) mass is 1780 g/mol. The Kier molecular flexibility index (Phi) is 21.4. The van der Waals surface area contributed by atoms with E-state index in [2.05, 4.69) is 0 Å². The number of carbonyl (C=O) groups excluding carboxylic acids is 8. The molecule has 8 amide bonds. The Labute approximate surface area is 755 Å². The predicted octanol–water partition coefficient (Wildman–Crippen LogP) is 9.39. The van der Waals surface area contributed by atoms with Gasteiger partial charge < -0.3 is 96.9 Å². The van der Waals surface area contributed by atoms with Gasteiger partial charge in [-0.05, 0) is 171 Å². The highest BCUT2D eigenvalue weighted by atomic mass is 16.7.